The summed E-state index contributed by atoms with van der Waals surface area (Å²) >= 11 is 0. The Labute approximate surface area is 134 Å². The van der Waals surface area contributed by atoms with Gasteiger partial charge >= 0.3 is 12.1 Å². The van der Waals surface area contributed by atoms with Crippen molar-refractivity contribution in [3.8, 4) is 0 Å². The Kier molecular flexibility index (Phi) is 9.14. The number of rotatable bonds is 9. The maximum Gasteiger partial charge on any atom is 0.508 e. The minimum atomic E-state index is -0.874. The van der Waals surface area contributed by atoms with E-state index < -0.39 is 17.7 Å². The monoisotopic (exact) mass is 316 g/mol. The smallest absolute Gasteiger partial charge is 0.465 e. The van der Waals surface area contributed by atoms with Gasteiger partial charge in [-0.25, -0.2) is 4.79 Å². The predicted octanol–water partition coefficient (Wildman–Crippen LogP) is 4.19. The average Bonchev–Trinajstić information content (AvgIpc) is 2.37. The molecule has 0 aromatic rings. The van der Waals surface area contributed by atoms with Crippen LogP contribution in [0.4, 0.5) is 4.79 Å². The lowest BCUT2D eigenvalue weighted by Gasteiger charge is -2.36. The summed E-state index contributed by atoms with van der Waals surface area (Å²) in [5, 5.41) is 0. The Balaban J connectivity index is 5.41. The molecule has 0 rings (SSSR count). The van der Waals surface area contributed by atoms with E-state index in [-0.39, 0.29) is 24.4 Å². The van der Waals surface area contributed by atoms with Crippen LogP contribution in [0.3, 0.4) is 0 Å². The highest BCUT2D eigenvalue weighted by atomic mass is 16.7. The SMILES string of the molecule is CCOC(=O)OC(CC(C)C)C(C)(CC(C)C)C(=O)OCC. The summed E-state index contributed by atoms with van der Waals surface area (Å²) < 4.78 is 15.6. The third kappa shape index (κ3) is 6.67. The van der Waals surface area contributed by atoms with Gasteiger partial charge in [0.05, 0.1) is 13.2 Å². The van der Waals surface area contributed by atoms with E-state index in [0.717, 1.165) is 0 Å². The first-order valence-corrected chi connectivity index (χ1v) is 8.17. The van der Waals surface area contributed by atoms with Gasteiger partial charge in [-0.1, -0.05) is 27.7 Å². The molecule has 22 heavy (non-hydrogen) atoms. The number of ether oxygens (including phenoxy) is 3. The average molecular weight is 316 g/mol. The number of esters is 1. The summed E-state index contributed by atoms with van der Waals surface area (Å²) in [6.07, 6.45) is -0.121. The van der Waals surface area contributed by atoms with Crippen molar-refractivity contribution < 1.29 is 23.8 Å². The number of hydrogen-bond donors (Lipinski definition) is 0. The van der Waals surface area contributed by atoms with Crippen molar-refractivity contribution in [2.75, 3.05) is 13.2 Å². The molecule has 0 spiro atoms. The van der Waals surface area contributed by atoms with Crippen molar-refractivity contribution in [2.24, 2.45) is 17.3 Å². The van der Waals surface area contributed by atoms with Gasteiger partial charge < -0.3 is 14.2 Å². The van der Waals surface area contributed by atoms with Crippen molar-refractivity contribution in [1.82, 2.24) is 0 Å². The summed E-state index contributed by atoms with van der Waals surface area (Å²) in [4.78, 5) is 24.3. The summed E-state index contributed by atoms with van der Waals surface area (Å²) in [6.45, 7) is 14.0. The zero-order valence-electron chi connectivity index (χ0n) is 15.1. The second-order valence-corrected chi connectivity index (χ2v) is 6.65. The van der Waals surface area contributed by atoms with E-state index in [1.54, 1.807) is 13.8 Å². The molecular weight excluding hydrogens is 284 g/mol. The van der Waals surface area contributed by atoms with Gasteiger partial charge in [0.2, 0.25) is 0 Å². The molecule has 0 saturated heterocycles. The van der Waals surface area contributed by atoms with Gasteiger partial charge in [-0.2, -0.15) is 0 Å². The largest absolute Gasteiger partial charge is 0.508 e. The molecule has 0 saturated carbocycles. The number of carbonyl (C=O) groups excluding carboxylic acids is 2. The normalized spacial score (nSPS) is 15.3. The molecule has 0 bridgehead atoms. The summed E-state index contributed by atoms with van der Waals surface area (Å²) in [5.41, 5.74) is -0.874. The van der Waals surface area contributed by atoms with Crippen molar-refractivity contribution >= 4 is 12.1 Å². The lowest BCUT2D eigenvalue weighted by atomic mass is 9.74. The molecule has 130 valence electrons. The van der Waals surface area contributed by atoms with Gasteiger partial charge in [-0.05, 0) is 45.4 Å². The van der Waals surface area contributed by atoms with E-state index in [1.807, 2.05) is 34.6 Å². The van der Waals surface area contributed by atoms with E-state index in [2.05, 4.69) is 0 Å². The molecule has 0 N–H and O–H groups in total. The van der Waals surface area contributed by atoms with Crippen LogP contribution in [0.25, 0.3) is 0 Å². The molecule has 0 amide bonds. The van der Waals surface area contributed by atoms with Crippen molar-refractivity contribution in [1.29, 1.82) is 0 Å². The van der Waals surface area contributed by atoms with Gasteiger partial charge in [0.15, 0.2) is 0 Å². The molecule has 5 nitrogen and oxygen atoms in total. The van der Waals surface area contributed by atoms with E-state index in [9.17, 15) is 9.59 Å². The van der Waals surface area contributed by atoms with E-state index in [0.29, 0.717) is 19.4 Å². The second-order valence-electron chi connectivity index (χ2n) is 6.65. The lowest BCUT2D eigenvalue weighted by Crippen LogP contribution is -2.45. The topological polar surface area (TPSA) is 61.8 Å². The van der Waals surface area contributed by atoms with Crippen LogP contribution in [-0.4, -0.2) is 31.4 Å². The Morgan fingerprint density at radius 1 is 0.955 bits per heavy atom. The first-order chi connectivity index (χ1) is 10.2. The van der Waals surface area contributed by atoms with Crippen LogP contribution in [0.15, 0.2) is 0 Å². The minimum absolute atomic E-state index is 0.244. The summed E-state index contributed by atoms with van der Waals surface area (Å²) in [7, 11) is 0. The molecule has 2 atom stereocenters. The molecule has 0 fully saturated rings. The fourth-order valence-electron chi connectivity index (χ4n) is 2.62. The molecule has 0 aromatic carbocycles. The molecule has 0 radical (unpaired) electrons. The second kappa shape index (κ2) is 9.70. The molecule has 0 aliphatic rings. The zero-order valence-corrected chi connectivity index (χ0v) is 15.1. The summed E-state index contributed by atoms with van der Waals surface area (Å²) in [5.74, 6) is 0.230. The van der Waals surface area contributed by atoms with E-state index >= 15 is 0 Å². The van der Waals surface area contributed by atoms with Gasteiger partial charge in [0.1, 0.15) is 11.5 Å². The molecule has 0 aromatic heterocycles. The van der Waals surface area contributed by atoms with Crippen molar-refractivity contribution in [3.05, 3.63) is 0 Å². The van der Waals surface area contributed by atoms with Crippen molar-refractivity contribution in [3.63, 3.8) is 0 Å². The molecular formula is C17H32O5. The van der Waals surface area contributed by atoms with Crippen molar-refractivity contribution in [2.45, 2.75) is 67.4 Å². The lowest BCUT2D eigenvalue weighted by molar-refractivity contribution is -0.165. The highest BCUT2D eigenvalue weighted by molar-refractivity contribution is 5.77. The fourth-order valence-corrected chi connectivity index (χ4v) is 2.62. The van der Waals surface area contributed by atoms with Gasteiger partial charge in [0.25, 0.3) is 0 Å². The predicted molar refractivity (Wildman–Crippen MR) is 85.5 cm³/mol. The Morgan fingerprint density at radius 3 is 1.91 bits per heavy atom. The standard InChI is InChI=1S/C17H32O5/c1-8-20-15(18)17(7,11-13(5)6)14(10-12(3)4)22-16(19)21-9-2/h12-14H,8-11H2,1-7H3. The van der Waals surface area contributed by atoms with Crippen LogP contribution >= 0.6 is 0 Å². The van der Waals surface area contributed by atoms with Crippen LogP contribution in [0.1, 0.15) is 61.3 Å². The fraction of sp³-hybridized carbons (Fsp3) is 0.882. The first-order valence-electron chi connectivity index (χ1n) is 8.17. The maximum atomic E-state index is 12.5. The van der Waals surface area contributed by atoms with Gasteiger partial charge in [-0.15, -0.1) is 0 Å². The molecule has 0 aliphatic carbocycles. The molecule has 0 heterocycles. The van der Waals surface area contributed by atoms with Crippen LogP contribution in [-0.2, 0) is 19.0 Å². The van der Waals surface area contributed by atoms with E-state index in [1.165, 1.54) is 0 Å². The Hall–Kier alpha value is -1.26. The molecule has 2 unspecified atom stereocenters. The molecule has 5 heteroatoms. The third-order valence-electron chi connectivity index (χ3n) is 3.47. The third-order valence-corrected chi connectivity index (χ3v) is 3.47. The van der Waals surface area contributed by atoms with E-state index in [4.69, 9.17) is 14.2 Å². The summed E-state index contributed by atoms with van der Waals surface area (Å²) in [6, 6.07) is 0. The van der Waals surface area contributed by atoms with Gasteiger partial charge in [0, 0.05) is 0 Å². The number of carbonyl (C=O) groups is 2. The molecule has 0 aliphatic heterocycles. The highest BCUT2D eigenvalue weighted by Gasteiger charge is 2.46. The zero-order chi connectivity index (χ0) is 17.3. The first kappa shape index (κ1) is 20.7. The highest BCUT2D eigenvalue weighted by Crippen LogP contribution is 2.37. The number of hydrogen-bond acceptors (Lipinski definition) is 5. The Morgan fingerprint density at radius 2 is 1.50 bits per heavy atom. The quantitative estimate of drug-likeness (QED) is 0.597. The minimum Gasteiger partial charge on any atom is -0.465 e. The van der Waals surface area contributed by atoms with Crippen LogP contribution in [0.5, 0.6) is 0 Å². The van der Waals surface area contributed by atoms with Crippen LogP contribution in [0.2, 0.25) is 0 Å². The van der Waals surface area contributed by atoms with Crippen LogP contribution < -0.4 is 0 Å². The maximum absolute atomic E-state index is 12.5. The Bertz CT molecular complexity index is 351. The van der Waals surface area contributed by atoms with Crippen LogP contribution in [0, 0.1) is 17.3 Å². The van der Waals surface area contributed by atoms with Gasteiger partial charge in [-0.3, -0.25) is 4.79 Å².